The van der Waals surface area contributed by atoms with Crippen LogP contribution < -0.4 is 10.6 Å². The summed E-state index contributed by atoms with van der Waals surface area (Å²) in [6, 6.07) is 9.30. The van der Waals surface area contributed by atoms with Crippen molar-refractivity contribution in [2.75, 3.05) is 18.5 Å². The molecule has 2 rings (SSSR count). The van der Waals surface area contributed by atoms with E-state index in [1.807, 2.05) is 37.3 Å². The number of nitrogens with zero attached hydrogens (tertiary/aromatic N) is 2. The molecule has 2 atom stereocenters. The summed E-state index contributed by atoms with van der Waals surface area (Å²) >= 11 is 1.22. The molecule has 0 aliphatic rings. The fourth-order valence-corrected chi connectivity index (χ4v) is 2.15. The average molecular weight is 322 g/mol. The number of hydrogen-bond acceptors (Lipinski definition) is 6. The molecule has 22 heavy (non-hydrogen) atoms. The molecule has 0 aliphatic carbocycles. The van der Waals surface area contributed by atoms with Crippen molar-refractivity contribution >= 4 is 22.5 Å². The Morgan fingerprint density at radius 3 is 2.86 bits per heavy atom. The van der Waals surface area contributed by atoms with Crippen LogP contribution in [0.4, 0.5) is 9.93 Å². The first kappa shape index (κ1) is 16.3. The zero-order valence-corrected chi connectivity index (χ0v) is 12.9. The summed E-state index contributed by atoms with van der Waals surface area (Å²) in [6.07, 6.45) is -0.905. The van der Waals surface area contributed by atoms with Crippen LogP contribution in [0.15, 0.2) is 35.8 Å². The van der Waals surface area contributed by atoms with Crippen LogP contribution in [0.3, 0.4) is 0 Å². The summed E-state index contributed by atoms with van der Waals surface area (Å²) in [6.45, 7) is 2.14. The molecule has 2 amide bonds. The number of amides is 2. The summed E-state index contributed by atoms with van der Waals surface area (Å²) in [5.41, 5.74) is 2.56. The molecule has 1 aromatic carbocycles. The molecule has 8 heteroatoms. The number of urea groups is 1. The molecule has 0 aliphatic heterocycles. The molecular formula is C14H18N4O3S. The second-order valence-corrected chi connectivity index (χ2v) is 5.45. The van der Waals surface area contributed by atoms with Crippen LogP contribution >= 0.6 is 11.3 Å². The van der Waals surface area contributed by atoms with Gasteiger partial charge in [-0.15, -0.1) is 10.2 Å². The lowest BCUT2D eigenvalue weighted by atomic mass is 10.1. The lowest BCUT2D eigenvalue weighted by Gasteiger charge is -2.17. The predicted octanol–water partition coefficient (Wildman–Crippen LogP) is 1.80. The van der Waals surface area contributed by atoms with Crippen LogP contribution in [0.25, 0.3) is 0 Å². The highest BCUT2D eigenvalue weighted by Crippen LogP contribution is 2.15. The lowest BCUT2D eigenvalue weighted by Crippen LogP contribution is -2.37. The molecule has 0 unspecified atom stereocenters. The Morgan fingerprint density at radius 1 is 1.41 bits per heavy atom. The van der Waals surface area contributed by atoms with Crippen molar-refractivity contribution in [3.63, 3.8) is 0 Å². The quantitative estimate of drug-likeness (QED) is 0.722. The van der Waals surface area contributed by atoms with Gasteiger partial charge in [0.15, 0.2) is 0 Å². The minimum Gasteiger partial charge on any atom is -0.389 e. The molecule has 3 N–H and O–H groups in total. The maximum Gasteiger partial charge on any atom is 0.321 e. The highest BCUT2D eigenvalue weighted by atomic mass is 32.1. The van der Waals surface area contributed by atoms with E-state index in [0.29, 0.717) is 5.13 Å². The topological polar surface area (TPSA) is 96.4 Å². The van der Waals surface area contributed by atoms with Gasteiger partial charge in [0.2, 0.25) is 5.13 Å². The average Bonchev–Trinajstić information content (AvgIpc) is 3.04. The third kappa shape index (κ3) is 5.40. The maximum atomic E-state index is 11.5. The van der Waals surface area contributed by atoms with Crippen LogP contribution in [0.1, 0.15) is 18.6 Å². The number of benzene rings is 1. The Labute approximate surface area is 132 Å². The van der Waals surface area contributed by atoms with Crippen molar-refractivity contribution in [3.8, 4) is 0 Å². The molecular weight excluding hydrogens is 304 g/mol. The number of carbonyl (C=O) groups is 1. The number of anilines is 1. The molecule has 0 fully saturated rings. The first-order valence-corrected chi connectivity index (χ1v) is 7.68. The standard InChI is InChI=1S/C14H18N4O3S/c1-10(11-5-3-2-4-6-11)21-8-12(19)7-15-13(20)17-14-18-16-9-22-14/h2-6,9-10,12,19H,7-8H2,1H3,(H2,15,17,18,20)/t10-,12-/m0/s1. The van der Waals surface area contributed by atoms with Crippen molar-refractivity contribution in [1.29, 1.82) is 0 Å². The van der Waals surface area contributed by atoms with E-state index >= 15 is 0 Å². The van der Waals surface area contributed by atoms with Crippen LogP contribution in [0.2, 0.25) is 0 Å². The number of ether oxygens (including phenoxy) is 1. The first-order valence-electron chi connectivity index (χ1n) is 6.81. The fraction of sp³-hybridized carbons (Fsp3) is 0.357. The van der Waals surface area contributed by atoms with Gasteiger partial charge in [-0.25, -0.2) is 4.79 Å². The Balaban J connectivity index is 1.65. The van der Waals surface area contributed by atoms with Gasteiger partial charge < -0.3 is 15.2 Å². The second-order valence-electron chi connectivity index (χ2n) is 4.62. The van der Waals surface area contributed by atoms with Gasteiger partial charge in [0, 0.05) is 6.54 Å². The zero-order valence-electron chi connectivity index (χ0n) is 12.1. The Hall–Kier alpha value is -2.03. The van der Waals surface area contributed by atoms with E-state index in [9.17, 15) is 9.90 Å². The van der Waals surface area contributed by atoms with Gasteiger partial charge in [0.05, 0.1) is 18.8 Å². The van der Waals surface area contributed by atoms with Gasteiger partial charge >= 0.3 is 6.03 Å². The molecule has 0 saturated carbocycles. The van der Waals surface area contributed by atoms with Crippen molar-refractivity contribution in [2.24, 2.45) is 0 Å². The normalized spacial score (nSPS) is 13.4. The minimum atomic E-state index is -0.786. The highest BCUT2D eigenvalue weighted by Gasteiger charge is 2.11. The predicted molar refractivity (Wildman–Crippen MR) is 83.7 cm³/mol. The molecule has 2 aromatic rings. The van der Waals surface area contributed by atoms with Gasteiger partial charge in [0.1, 0.15) is 5.51 Å². The Morgan fingerprint density at radius 2 is 2.18 bits per heavy atom. The smallest absolute Gasteiger partial charge is 0.321 e. The van der Waals surface area contributed by atoms with Gasteiger partial charge in [-0.2, -0.15) is 0 Å². The molecule has 118 valence electrons. The molecule has 7 nitrogen and oxygen atoms in total. The number of aliphatic hydroxyl groups is 1. The number of rotatable bonds is 7. The fourth-order valence-electron chi connectivity index (χ4n) is 1.71. The van der Waals surface area contributed by atoms with E-state index in [1.54, 1.807) is 0 Å². The summed E-state index contributed by atoms with van der Waals surface area (Å²) in [5, 5.41) is 22.6. The number of nitrogens with one attached hydrogen (secondary N) is 2. The van der Waals surface area contributed by atoms with Crippen molar-refractivity contribution in [2.45, 2.75) is 19.1 Å². The van der Waals surface area contributed by atoms with Crippen molar-refractivity contribution in [3.05, 3.63) is 41.4 Å². The largest absolute Gasteiger partial charge is 0.389 e. The SMILES string of the molecule is C[C@H](OC[C@@H](O)CNC(=O)Nc1nncs1)c1ccccc1. The summed E-state index contributed by atoms with van der Waals surface area (Å²) in [5.74, 6) is 0. The van der Waals surface area contributed by atoms with Gasteiger partial charge in [-0.3, -0.25) is 5.32 Å². The maximum absolute atomic E-state index is 11.5. The summed E-state index contributed by atoms with van der Waals surface area (Å²) in [7, 11) is 0. The lowest BCUT2D eigenvalue weighted by molar-refractivity contribution is -0.000953. The van der Waals surface area contributed by atoms with Crippen LogP contribution in [0, 0.1) is 0 Å². The van der Waals surface area contributed by atoms with E-state index in [1.165, 1.54) is 16.8 Å². The Kier molecular flexibility index (Phi) is 6.26. The number of aliphatic hydroxyl groups excluding tert-OH is 1. The van der Waals surface area contributed by atoms with E-state index < -0.39 is 12.1 Å². The van der Waals surface area contributed by atoms with E-state index in [2.05, 4.69) is 20.8 Å². The molecule has 0 bridgehead atoms. The molecule has 0 saturated heterocycles. The van der Waals surface area contributed by atoms with E-state index in [4.69, 9.17) is 4.74 Å². The second kappa shape index (κ2) is 8.42. The molecule has 0 spiro atoms. The van der Waals surface area contributed by atoms with Crippen molar-refractivity contribution < 1.29 is 14.6 Å². The molecule has 1 aromatic heterocycles. The zero-order chi connectivity index (χ0) is 15.8. The third-order valence-electron chi connectivity index (χ3n) is 2.89. The third-order valence-corrected chi connectivity index (χ3v) is 3.49. The number of aromatic nitrogens is 2. The first-order chi connectivity index (χ1) is 10.6. The van der Waals surface area contributed by atoms with Crippen LogP contribution in [-0.4, -0.2) is 40.6 Å². The van der Waals surface area contributed by atoms with Gasteiger partial charge in [-0.05, 0) is 12.5 Å². The van der Waals surface area contributed by atoms with Gasteiger partial charge in [0.25, 0.3) is 0 Å². The number of carbonyl (C=O) groups excluding carboxylic acids is 1. The molecule has 1 heterocycles. The van der Waals surface area contributed by atoms with Crippen LogP contribution in [0.5, 0.6) is 0 Å². The van der Waals surface area contributed by atoms with Gasteiger partial charge in [-0.1, -0.05) is 41.7 Å². The summed E-state index contributed by atoms with van der Waals surface area (Å²) < 4.78 is 5.59. The monoisotopic (exact) mass is 322 g/mol. The number of hydrogen-bond donors (Lipinski definition) is 3. The van der Waals surface area contributed by atoms with Crippen LogP contribution in [-0.2, 0) is 4.74 Å². The highest BCUT2D eigenvalue weighted by molar-refractivity contribution is 7.13. The van der Waals surface area contributed by atoms with Crippen molar-refractivity contribution in [1.82, 2.24) is 15.5 Å². The minimum absolute atomic E-state index is 0.0894. The van der Waals surface area contributed by atoms with E-state index in [0.717, 1.165) is 5.56 Å². The summed E-state index contributed by atoms with van der Waals surface area (Å²) in [4.78, 5) is 11.5. The molecule has 0 radical (unpaired) electrons. The van der Waals surface area contributed by atoms with E-state index in [-0.39, 0.29) is 19.3 Å². The Bertz CT molecular complexity index is 565.